The summed E-state index contributed by atoms with van der Waals surface area (Å²) in [7, 11) is 0. The van der Waals surface area contributed by atoms with E-state index in [1.54, 1.807) is 0 Å². The zero-order valence-corrected chi connectivity index (χ0v) is 22.4. The van der Waals surface area contributed by atoms with Crippen molar-refractivity contribution >= 4 is 17.6 Å². The quantitative estimate of drug-likeness (QED) is 0.268. The number of nitrogen functional groups attached to an aromatic ring is 1. The number of anilines is 1. The highest BCUT2D eigenvalue weighted by atomic mass is 19.1. The van der Waals surface area contributed by atoms with Crippen LogP contribution in [0.1, 0.15) is 67.4 Å². The Morgan fingerprint density at radius 3 is 2.25 bits per heavy atom. The van der Waals surface area contributed by atoms with Crippen molar-refractivity contribution in [3.63, 3.8) is 0 Å². The number of nitrogens with one attached hydrogen (secondary N) is 1. The van der Waals surface area contributed by atoms with Crippen LogP contribution in [0, 0.1) is 23.4 Å². The van der Waals surface area contributed by atoms with Crippen molar-refractivity contribution < 1.29 is 27.5 Å². The van der Waals surface area contributed by atoms with Crippen LogP contribution in [0.5, 0.6) is 0 Å². The summed E-state index contributed by atoms with van der Waals surface area (Å²) in [6, 6.07) is 8.23. The second-order valence-electron chi connectivity index (χ2n) is 10.5. The average molecular weight is 556 g/mol. The number of ketones is 1. The van der Waals surface area contributed by atoms with Crippen LogP contribution < -0.4 is 16.6 Å². The average Bonchev–Trinajstić information content (AvgIpc) is 3.41. The number of aromatic nitrogens is 1. The number of esters is 1. The van der Waals surface area contributed by atoms with E-state index in [1.807, 2.05) is 13.8 Å². The molecule has 1 heterocycles. The Bertz CT molecular complexity index is 1420. The van der Waals surface area contributed by atoms with E-state index in [4.69, 9.17) is 10.5 Å². The number of pyridine rings is 1. The van der Waals surface area contributed by atoms with E-state index in [0.29, 0.717) is 11.0 Å². The molecule has 1 aliphatic rings. The van der Waals surface area contributed by atoms with Crippen LogP contribution in [0.15, 0.2) is 53.3 Å². The predicted molar refractivity (Wildman–Crippen MR) is 145 cm³/mol. The molecule has 1 aromatic heterocycles. The summed E-state index contributed by atoms with van der Waals surface area (Å²) in [6.07, 6.45) is 4.07. The predicted octanol–water partition coefficient (Wildman–Crippen LogP) is 5.06. The number of nitrogens with two attached hydrogens (primary N) is 1. The highest BCUT2D eigenvalue weighted by Gasteiger charge is 2.27. The van der Waals surface area contributed by atoms with Gasteiger partial charge in [-0.1, -0.05) is 13.8 Å². The largest absolute Gasteiger partial charge is 0.461 e. The lowest BCUT2D eigenvalue weighted by atomic mass is 10.0. The van der Waals surface area contributed by atoms with Crippen LogP contribution in [0.3, 0.4) is 0 Å². The maximum Gasteiger partial charge on any atom is 0.323 e. The molecule has 0 aliphatic heterocycles. The van der Waals surface area contributed by atoms with Gasteiger partial charge in [0, 0.05) is 18.2 Å². The van der Waals surface area contributed by atoms with Crippen LogP contribution in [0.4, 0.5) is 19.0 Å². The third-order valence-corrected chi connectivity index (χ3v) is 6.91. The first-order chi connectivity index (χ1) is 19.0. The third-order valence-electron chi connectivity index (χ3n) is 6.91. The molecule has 1 atom stereocenters. The molecule has 40 heavy (non-hydrogen) atoms. The van der Waals surface area contributed by atoms with E-state index in [0.717, 1.165) is 62.1 Å². The maximum absolute atomic E-state index is 15.3. The van der Waals surface area contributed by atoms with Crippen molar-refractivity contribution in [1.29, 1.82) is 0 Å². The smallest absolute Gasteiger partial charge is 0.323 e. The first-order valence-electron chi connectivity index (χ1n) is 13.3. The topological polar surface area (TPSA) is 103 Å². The zero-order chi connectivity index (χ0) is 29.0. The van der Waals surface area contributed by atoms with Gasteiger partial charge in [-0.3, -0.25) is 19.0 Å². The van der Waals surface area contributed by atoms with Gasteiger partial charge in [0.05, 0.1) is 5.56 Å². The molecule has 0 bridgehead atoms. The van der Waals surface area contributed by atoms with Crippen LogP contribution in [-0.4, -0.2) is 28.5 Å². The Hall–Kier alpha value is -3.92. The molecule has 10 heteroatoms. The van der Waals surface area contributed by atoms with Crippen molar-refractivity contribution in [3.05, 3.63) is 93.0 Å². The van der Waals surface area contributed by atoms with Crippen molar-refractivity contribution in [2.45, 2.75) is 64.6 Å². The van der Waals surface area contributed by atoms with E-state index in [-0.39, 0.29) is 41.2 Å². The van der Waals surface area contributed by atoms with Gasteiger partial charge in [-0.15, -0.1) is 0 Å². The standard InChI is InChI=1S/C30H32F3N3O4/c1-17(2)13-25(30(39)40-21-5-3-4-6-21)35-16-18-14-23(32)27(24(33)15-18)36-26(37)12-11-22(29(36)34)28(38)19-7-9-20(31)10-8-19/h7-12,14-15,17,21,25,35H,3-6,13,16,34H2,1-2H3. The molecule has 0 spiro atoms. The number of rotatable bonds is 10. The Balaban J connectivity index is 1.58. The molecule has 7 nitrogen and oxygen atoms in total. The van der Waals surface area contributed by atoms with Gasteiger partial charge in [0.25, 0.3) is 5.56 Å². The number of halogens is 3. The van der Waals surface area contributed by atoms with Gasteiger partial charge in [0.1, 0.15) is 29.5 Å². The minimum atomic E-state index is -1.08. The number of ether oxygens (including phenoxy) is 1. The highest BCUT2D eigenvalue weighted by Crippen LogP contribution is 2.25. The van der Waals surface area contributed by atoms with Crippen LogP contribution in [0.25, 0.3) is 5.69 Å². The molecule has 212 valence electrons. The van der Waals surface area contributed by atoms with E-state index in [1.165, 1.54) is 12.1 Å². The van der Waals surface area contributed by atoms with Crippen molar-refractivity contribution in [3.8, 4) is 5.69 Å². The molecule has 1 saturated carbocycles. The Morgan fingerprint density at radius 1 is 1.02 bits per heavy atom. The minimum Gasteiger partial charge on any atom is -0.461 e. The summed E-state index contributed by atoms with van der Waals surface area (Å²) in [5.41, 5.74) is 4.61. The lowest BCUT2D eigenvalue weighted by Gasteiger charge is -2.22. The number of nitrogens with zero attached hydrogens (tertiary/aromatic N) is 1. The second-order valence-corrected chi connectivity index (χ2v) is 10.5. The van der Waals surface area contributed by atoms with Crippen molar-refractivity contribution in [2.24, 2.45) is 5.92 Å². The summed E-state index contributed by atoms with van der Waals surface area (Å²) < 4.78 is 50.1. The van der Waals surface area contributed by atoms with E-state index < -0.39 is 46.3 Å². The monoisotopic (exact) mass is 555 g/mol. The number of hydrogen-bond donors (Lipinski definition) is 2. The van der Waals surface area contributed by atoms with Gasteiger partial charge in [-0.2, -0.15) is 0 Å². The van der Waals surface area contributed by atoms with Crippen LogP contribution in [-0.2, 0) is 16.1 Å². The molecule has 3 N–H and O–H groups in total. The Kier molecular flexibility index (Phi) is 9.09. The van der Waals surface area contributed by atoms with E-state index in [2.05, 4.69) is 5.32 Å². The first kappa shape index (κ1) is 29.1. The zero-order valence-electron chi connectivity index (χ0n) is 22.4. The first-order valence-corrected chi connectivity index (χ1v) is 13.3. The maximum atomic E-state index is 15.3. The number of benzene rings is 2. The number of hydrogen-bond acceptors (Lipinski definition) is 6. The summed E-state index contributed by atoms with van der Waals surface area (Å²) in [4.78, 5) is 38.4. The van der Waals surface area contributed by atoms with Gasteiger partial charge in [-0.25, -0.2) is 13.2 Å². The molecule has 0 radical (unpaired) electrons. The Labute approximate surface area is 230 Å². The fraction of sp³-hybridized carbons (Fsp3) is 0.367. The molecular weight excluding hydrogens is 523 g/mol. The molecule has 0 saturated heterocycles. The molecule has 1 aliphatic carbocycles. The molecule has 3 aromatic rings. The molecule has 0 amide bonds. The SMILES string of the molecule is CC(C)CC(NCc1cc(F)c(-n2c(N)c(C(=O)c3ccc(F)cc3)ccc2=O)c(F)c1)C(=O)OC1CCCC1. The second kappa shape index (κ2) is 12.5. The molecule has 1 unspecified atom stereocenters. The number of carbonyl (C=O) groups excluding carboxylic acids is 2. The van der Waals surface area contributed by atoms with E-state index in [9.17, 15) is 18.8 Å². The normalized spacial score (nSPS) is 14.4. The van der Waals surface area contributed by atoms with Gasteiger partial charge in [-0.05, 0) is 86.1 Å². The molecule has 2 aromatic carbocycles. The van der Waals surface area contributed by atoms with Gasteiger partial charge in [0.15, 0.2) is 17.4 Å². The van der Waals surface area contributed by atoms with Crippen LogP contribution in [0.2, 0.25) is 0 Å². The Morgan fingerprint density at radius 2 is 1.65 bits per heavy atom. The summed E-state index contributed by atoms with van der Waals surface area (Å²) in [5.74, 6) is -4.03. The van der Waals surface area contributed by atoms with Crippen molar-refractivity contribution in [1.82, 2.24) is 9.88 Å². The summed E-state index contributed by atoms with van der Waals surface area (Å²) in [6.45, 7) is 3.89. The van der Waals surface area contributed by atoms with E-state index >= 15 is 8.78 Å². The van der Waals surface area contributed by atoms with Crippen molar-refractivity contribution in [2.75, 3.05) is 5.73 Å². The summed E-state index contributed by atoms with van der Waals surface area (Å²) >= 11 is 0. The van der Waals surface area contributed by atoms with Gasteiger partial charge >= 0.3 is 5.97 Å². The van der Waals surface area contributed by atoms with Crippen LogP contribution >= 0.6 is 0 Å². The lowest BCUT2D eigenvalue weighted by molar-refractivity contribution is -0.151. The van der Waals surface area contributed by atoms with Gasteiger partial charge in [0.2, 0.25) is 0 Å². The molecule has 4 rings (SSSR count). The lowest BCUT2D eigenvalue weighted by Crippen LogP contribution is -2.40. The summed E-state index contributed by atoms with van der Waals surface area (Å²) in [5, 5.41) is 3.05. The third kappa shape index (κ3) is 6.62. The van der Waals surface area contributed by atoms with Gasteiger partial charge < -0.3 is 15.8 Å². The highest BCUT2D eigenvalue weighted by molar-refractivity contribution is 6.11. The number of carbonyl (C=O) groups is 2. The molecule has 1 fully saturated rings. The minimum absolute atomic E-state index is 0.0290. The molecular formula is C30H32F3N3O4. The fourth-order valence-corrected chi connectivity index (χ4v) is 4.89. The fourth-order valence-electron chi connectivity index (χ4n) is 4.89.